The maximum absolute atomic E-state index is 13.2. The van der Waals surface area contributed by atoms with E-state index in [1.165, 1.54) is 27.8 Å². The maximum atomic E-state index is 13.2. The number of piperidine rings is 1. The SMILES string of the molecule is Cc1csc(NC(=O)C(NC(=O)C2CCCN(S(=O)(=O)c3ccc(F)cc3)C2)C(C)C)n1. The normalized spacial score (nSPS) is 18.3. The van der Waals surface area contributed by atoms with Gasteiger partial charge in [-0.25, -0.2) is 17.8 Å². The first-order valence-electron chi connectivity index (χ1n) is 10.4. The van der Waals surface area contributed by atoms with E-state index in [2.05, 4.69) is 15.6 Å². The van der Waals surface area contributed by atoms with Gasteiger partial charge in [-0.2, -0.15) is 4.31 Å². The van der Waals surface area contributed by atoms with E-state index in [-0.39, 0.29) is 35.7 Å². The van der Waals surface area contributed by atoms with Crippen molar-refractivity contribution < 1.29 is 22.4 Å². The van der Waals surface area contributed by atoms with Crippen molar-refractivity contribution in [2.75, 3.05) is 18.4 Å². The molecule has 1 aliphatic rings. The van der Waals surface area contributed by atoms with E-state index < -0.39 is 27.8 Å². The van der Waals surface area contributed by atoms with E-state index in [0.29, 0.717) is 18.0 Å². The molecule has 0 aliphatic carbocycles. The number of nitrogens with zero attached hydrogens (tertiary/aromatic N) is 2. The molecule has 174 valence electrons. The molecule has 11 heteroatoms. The van der Waals surface area contributed by atoms with Crippen LogP contribution >= 0.6 is 11.3 Å². The number of thiazole rings is 1. The van der Waals surface area contributed by atoms with Crippen molar-refractivity contribution in [1.82, 2.24) is 14.6 Å². The van der Waals surface area contributed by atoms with E-state index in [9.17, 15) is 22.4 Å². The molecule has 2 amide bonds. The highest BCUT2D eigenvalue weighted by Gasteiger charge is 2.35. The van der Waals surface area contributed by atoms with Gasteiger partial charge in [0.25, 0.3) is 0 Å². The molecule has 1 fully saturated rings. The third-order valence-electron chi connectivity index (χ3n) is 5.30. The average Bonchev–Trinajstić information content (AvgIpc) is 3.16. The van der Waals surface area contributed by atoms with Crippen LogP contribution in [0.4, 0.5) is 9.52 Å². The molecule has 2 N–H and O–H groups in total. The zero-order chi connectivity index (χ0) is 23.5. The number of aromatic nitrogens is 1. The number of carbonyl (C=O) groups is 2. The van der Waals surface area contributed by atoms with Crippen LogP contribution in [-0.4, -0.2) is 48.7 Å². The van der Waals surface area contributed by atoms with E-state index in [4.69, 9.17) is 0 Å². The summed E-state index contributed by atoms with van der Waals surface area (Å²) >= 11 is 1.30. The number of hydrogen-bond acceptors (Lipinski definition) is 6. The Bertz CT molecular complexity index is 1070. The second-order valence-corrected chi connectivity index (χ2v) is 11.0. The Kier molecular flexibility index (Phi) is 7.63. The molecule has 0 bridgehead atoms. The number of sulfonamides is 1. The Morgan fingerprint density at radius 2 is 1.94 bits per heavy atom. The molecule has 1 aromatic heterocycles. The standard InChI is InChI=1S/C21H27FN4O4S2/c1-13(2)18(20(28)25-21-23-14(3)12-31-21)24-19(27)15-5-4-10-26(11-15)32(29,30)17-8-6-16(22)7-9-17/h6-9,12-13,15,18H,4-5,10-11H2,1-3H3,(H,24,27)(H,23,25,28). The highest BCUT2D eigenvalue weighted by Crippen LogP contribution is 2.24. The van der Waals surface area contributed by atoms with E-state index >= 15 is 0 Å². The van der Waals surface area contributed by atoms with Crippen molar-refractivity contribution in [3.05, 3.63) is 41.2 Å². The van der Waals surface area contributed by atoms with Crippen LogP contribution in [0.15, 0.2) is 34.5 Å². The Morgan fingerprint density at radius 3 is 2.53 bits per heavy atom. The summed E-state index contributed by atoms with van der Waals surface area (Å²) in [6.45, 7) is 5.75. The molecule has 2 aromatic rings. The molecule has 2 unspecified atom stereocenters. The van der Waals surface area contributed by atoms with Gasteiger partial charge in [-0.1, -0.05) is 13.8 Å². The van der Waals surface area contributed by atoms with Gasteiger partial charge in [-0.3, -0.25) is 9.59 Å². The second kappa shape index (κ2) is 10.1. The minimum atomic E-state index is -3.84. The second-order valence-electron chi connectivity index (χ2n) is 8.17. The van der Waals surface area contributed by atoms with Gasteiger partial charge in [-0.05, 0) is 49.9 Å². The Morgan fingerprint density at radius 1 is 1.25 bits per heavy atom. The number of halogens is 1. The van der Waals surface area contributed by atoms with Crippen LogP contribution in [0.5, 0.6) is 0 Å². The van der Waals surface area contributed by atoms with Crippen LogP contribution in [0.3, 0.4) is 0 Å². The van der Waals surface area contributed by atoms with Crippen molar-refractivity contribution in [2.24, 2.45) is 11.8 Å². The first-order chi connectivity index (χ1) is 15.1. The van der Waals surface area contributed by atoms with Gasteiger partial charge in [0.15, 0.2) is 5.13 Å². The Labute approximate surface area is 191 Å². The number of aryl methyl sites for hydroxylation is 1. The molecule has 8 nitrogen and oxygen atoms in total. The first kappa shape index (κ1) is 24.3. The molecule has 1 aliphatic heterocycles. The monoisotopic (exact) mass is 482 g/mol. The zero-order valence-electron chi connectivity index (χ0n) is 18.2. The average molecular weight is 483 g/mol. The third-order valence-corrected chi connectivity index (χ3v) is 8.06. The molecular formula is C21H27FN4O4S2. The minimum absolute atomic E-state index is 0.00362. The quantitative estimate of drug-likeness (QED) is 0.631. The largest absolute Gasteiger partial charge is 0.344 e. The summed E-state index contributed by atoms with van der Waals surface area (Å²) in [5.74, 6) is -2.02. The molecule has 1 saturated heterocycles. The summed E-state index contributed by atoms with van der Waals surface area (Å²) in [6, 6.07) is 3.84. The van der Waals surface area contributed by atoms with Crippen LogP contribution in [-0.2, 0) is 19.6 Å². The van der Waals surface area contributed by atoms with E-state index in [0.717, 1.165) is 17.8 Å². The van der Waals surface area contributed by atoms with Gasteiger partial charge < -0.3 is 10.6 Å². The fourth-order valence-corrected chi connectivity index (χ4v) is 5.75. The van der Waals surface area contributed by atoms with Crippen molar-refractivity contribution in [3.63, 3.8) is 0 Å². The number of hydrogen-bond donors (Lipinski definition) is 2. The van der Waals surface area contributed by atoms with Gasteiger partial charge in [0.2, 0.25) is 21.8 Å². The summed E-state index contributed by atoms with van der Waals surface area (Å²) in [5, 5.41) is 7.79. The third kappa shape index (κ3) is 5.70. The number of benzene rings is 1. The maximum Gasteiger partial charge on any atom is 0.248 e. The van der Waals surface area contributed by atoms with Crippen molar-refractivity contribution in [2.45, 2.75) is 44.6 Å². The van der Waals surface area contributed by atoms with Crippen LogP contribution in [0.2, 0.25) is 0 Å². The molecule has 2 heterocycles. The van der Waals surface area contributed by atoms with Crippen molar-refractivity contribution in [1.29, 1.82) is 0 Å². The Balaban J connectivity index is 1.67. The van der Waals surface area contributed by atoms with Crippen molar-refractivity contribution >= 4 is 38.3 Å². The highest BCUT2D eigenvalue weighted by atomic mass is 32.2. The fraction of sp³-hybridized carbons (Fsp3) is 0.476. The van der Waals surface area contributed by atoms with Gasteiger partial charge in [0, 0.05) is 18.5 Å². The fourth-order valence-electron chi connectivity index (χ4n) is 3.53. The molecule has 1 aromatic carbocycles. The number of rotatable bonds is 7. The number of carbonyl (C=O) groups excluding carboxylic acids is 2. The lowest BCUT2D eigenvalue weighted by atomic mass is 9.96. The number of anilines is 1. The molecule has 3 rings (SSSR count). The smallest absolute Gasteiger partial charge is 0.248 e. The Hall–Kier alpha value is -2.37. The summed E-state index contributed by atoms with van der Waals surface area (Å²) in [6.07, 6.45) is 1.02. The zero-order valence-corrected chi connectivity index (χ0v) is 19.8. The molecule has 32 heavy (non-hydrogen) atoms. The van der Waals surface area contributed by atoms with Crippen LogP contribution in [0, 0.1) is 24.6 Å². The van der Waals surface area contributed by atoms with Crippen molar-refractivity contribution in [3.8, 4) is 0 Å². The molecule has 0 spiro atoms. The summed E-state index contributed by atoms with van der Waals surface area (Å²) in [7, 11) is -3.84. The van der Waals surface area contributed by atoms with Gasteiger partial charge in [0.1, 0.15) is 11.9 Å². The van der Waals surface area contributed by atoms with Crippen LogP contribution < -0.4 is 10.6 Å². The number of nitrogens with one attached hydrogen (secondary N) is 2. The predicted molar refractivity (Wildman–Crippen MR) is 120 cm³/mol. The van der Waals surface area contributed by atoms with Gasteiger partial charge in [-0.15, -0.1) is 11.3 Å². The molecule has 0 saturated carbocycles. The minimum Gasteiger partial charge on any atom is -0.344 e. The van der Waals surface area contributed by atoms with Crippen LogP contribution in [0.1, 0.15) is 32.4 Å². The van der Waals surface area contributed by atoms with Gasteiger partial charge in [0.05, 0.1) is 16.5 Å². The molecule has 2 atom stereocenters. The predicted octanol–water partition coefficient (Wildman–Crippen LogP) is 2.77. The highest BCUT2D eigenvalue weighted by molar-refractivity contribution is 7.89. The van der Waals surface area contributed by atoms with Gasteiger partial charge >= 0.3 is 0 Å². The first-order valence-corrected chi connectivity index (χ1v) is 12.7. The lowest BCUT2D eigenvalue weighted by Crippen LogP contribution is -2.52. The topological polar surface area (TPSA) is 108 Å². The van der Waals surface area contributed by atoms with E-state index in [1.54, 1.807) is 0 Å². The lowest BCUT2D eigenvalue weighted by molar-refractivity contribution is -0.130. The van der Waals surface area contributed by atoms with E-state index in [1.807, 2.05) is 26.2 Å². The lowest BCUT2D eigenvalue weighted by Gasteiger charge is -2.32. The summed E-state index contributed by atoms with van der Waals surface area (Å²) in [5.41, 5.74) is 0.792. The molecular weight excluding hydrogens is 455 g/mol. The number of amides is 2. The summed E-state index contributed by atoms with van der Waals surface area (Å²) in [4.78, 5) is 29.9. The molecule has 0 radical (unpaired) electrons. The summed E-state index contributed by atoms with van der Waals surface area (Å²) < 4.78 is 40.2. The van der Waals surface area contributed by atoms with Crippen LogP contribution in [0.25, 0.3) is 0 Å².